The van der Waals surface area contributed by atoms with E-state index in [9.17, 15) is 17.6 Å². The largest absolute Gasteiger partial charge is 0.335 e. The maximum absolute atomic E-state index is 14.0. The molecule has 2 aromatic carbocycles. The molecule has 1 aliphatic heterocycles. The van der Waals surface area contributed by atoms with Crippen LogP contribution in [0.2, 0.25) is 5.02 Å². The molecule has 1 heterocycles. The van der Waals surface area contributed by atoms with Gasteiger partial charge in [-0.25, -0.2) is 17.6 Å². The molecular weight excluding hydrogens is 429 g/mol. The highest BCUT2D eigenvalue weighted by Gasteiger charge is 2.28. The number of hydrogen-bond acceptors (Lipinski definition) is 3. The molecule has 0 spiro atoms. The Morgan fingerprint density at radius 3 is 2.60 bits per heavy atom. The van der Waals surface area contributed by atoms with Gasteiger partial charge in [0.25, 0.3) is 10.0 Å². The van der Waals surface area contributed by atoms with E-state index in [1.807, 2.05) is 0 Å². The van der Waals surface area contributed by atoms with Crippen LogP contribution in [0.25, 0.3) is 0 Å². The molecule has 0 unspecified atom stereocenters. The highest BCUT2D eigenvalue weighted by atomic mass is 35.5. The number of hydrogen-bond donors (Lipinski definition) is 2. The Labute approximate surface area is 180 Å². The van der Waals surface area contributed by atoms with Crippen molar-refractivity contribution in [3.8, 4) is 0 Å². The minimum Gasteiger partial charge on any atom is -0.335 e. The number of carbonyl (C=O) groups is 1. The Hall–Kier alpha value is -2.32. The number of fused-ring (bicyclic) bond motifs is 1. The first-order valence-corrected chi connectivity index (χ1v) is 11.9. The van der Waals surface area contributed by atoms with E-state index in [2.05, 4.69) is 10.0 Å². The molecule has 1 fully saturated rings. The zero-order valence-corrected chi connectivity index (χ0v) is 17.9. The van der Waals surface area contributed by atoms with Crippen LogP contribution in [0.1, 0.15) is 37.7 Å². The predicted octanol–water partition coefficient (Wildman–Crippen LogP) is 4.68. The van der Waals surface area contributed by atoms with Crippen LogP contribution in [0.4, 0.5) is 20.6 Å². The van der Waals surface area contributed by atoms with E-state index in [0.717, 1.165) is 37.3 Å². The normalized spacial score (nSPS) is 16.9. The van der Waals surface area contributed by atoms with Gasteiger partial charge in [-0.15, -0.1) is 0 Å². The van der Waals surface area contributed by atoms with Crippen LogP contribution in [0, 0.1) is 5.82 Å². The van der Waals surface area contributed by atoms with E-state index in [-0.39, 0.29) is 27.7 Å². The molecule has 0 saturated heterocycles. The number of nitrogens with one attached hydrogen (secondary N) is 2. The summed E-state index contributed by atoms with van der Waals surface area (Å²) in [7, 11) is -3.98. The Bertz CT molecular complexity index is 1070. The number of amides is 2. The molecule has 2 aliphatic rings. The predicted molar refractivity (Wildman–Crippen MR) is 115 cm³/mol. The molecule has 0 radical (unpaired) electrons. The van der Waals surface area contributed by atoms with E-state index >= 15 is 0 Å². The smallest absolute Gasteiger partial charge is 0.322 e. The van der Waals surface area contributed by atoms with Crippen molar-refractivity contribution in [1.82, 2.24) is 5.32 Å². The first-order chi connectivity index (χ1) is 14.3. The Balaban J connectivity index is 1.50. The van der Waals surface area contributed by atoms with Crippen molar-refractivity contribution in [3.05, 3.63) is 52.8 Å². The fourth-order valence-electron chi connectivity index (χ4n) is 4.03. The molecule has 4 rings (SSSR count). The van der Waals surface area contributed by atoms with Crippen molar-refractivity contribution in [2.45, 2.75) is 49.5 Å². The maximum atomic E-state index is 14.0. The van der Waals surface area contributed by atoms with E-state index in [4.69, 9.17) is 11.6 Å². The van der Waals surface area contributed by atoms with Gasteiger partial charge < -0.3 is 5.32 Å². The van der Waals surface area contributed by atoms with Gasteiger partial charge in [-0.2, -0.15) is 0 Å². The van der Waals surface area contributed by atoms with Crippen LogP contribution in [-0.4, -0.2) is 27.0 Å². The highest BCUT2D eigenvalue weighted by molar-refractivity contribution is 7.92. The van der Waals surface area contributed by atoms with Crippen molar-refractivity contribution in [1.29, 1.82) is 0 Å². The summed E-state index contributed by atoms with van der Waals surface area (Å²) < 4.78 is 41.7. The number of anilines is 2. The molecule has 30 heavy (non-hydrogen) atoms. The van der Waals surface area contributed by atoms with E-state index < -0.39 is 15.8 Å². The zero-order chi connectivity index (χ0) is 21.3. The van der Waals surface area contributed by atoms with Gasteiger partial charge in [-0.05, 0) is 61.2 Å². The number of benzene rings is 2. The molecule has 0 aromatic heterocycles. The minimum absolute atomic E-state index is 0.0186. The van der Waals surface area contributed by atoms with Gasteiger partial charge in [-0.1, -0.05) is 30.9 Å². The molecule has 0 bridgehead atoms. The third-order valence-electron chi connectivity index (χ3n) is 5.61. The summed E-state index contributed by atoms with van der Waals surface area (Å²) in [4.78, 5) is 14.4. The molecule has 1 aliphatic carbocycles. The number of rotatable bonds is 4. The van der Waals surface area contributed by atoms with Gasteiger partial charge in [0.1, 0.15) is 5.82 Å². The number of urea groups is 1. The second-order valence-corrected chi connectivity index (χ2v) is 9.83. The van der Waals surface area contributed by atoms with Gasteiger partial charge in [-0.3, -0.25) is 9.62 Å². The lowest BCUT2D eigenvalue weighted by molar-refractivity contribution is 0.238. The van der Waals surface area contributed by atoms with Gasteiger partial charge in [0.05, 0.1) is 10.6 Å². The van der Waals surface area contributed by atoms with Crippen LogP contribution in [0.15, 0.2) is 41.3 Å². The summed E-state index contributed by atoms with van der Waals surface area (Å²) in [5.74, 6) is -0.752. The van der Waals surface area contributed by atoms with Crippen LogP contribution in [0.5, 0.6) is 0 Å². The summed E-state index contributed by atoms with van der Waals surface area (Å²) in [5, 5.41) is 3.27. The van der Waals surface area contributed by atoms with Crippen molar-refractivity contribution in [2.24, 2.45) is 0 Å². The van der Waals surface area contributed by atoms with E-state index in [1.54, 1.807) is 17.0 Å². The monoisotopic (exact) mass is 451 g/mol. The quantitative estimate of drug-likeness (QED) is 0.708. The SMILES string of the molecule is O=C(NC1CCCCC1)N1CCc2cc(S(=O)(=O)Nc3ccc(Cl)cc3F)ccc21. The molecule has 2 aromatic rings. The third-order valence-corrected chi connectivity index (χ3v) is 7.21. The molecular formula is C21H23ClFN3O3S. The summed E-state index contributed by atoms with van der Waals surface area (Å²) in [5.41, 5.74) is 1.31. The second kappa shape index (κ2) is 8.43. The summed E-state index contributed by atoms with van der Waals surface area (Å²) >= 11 is 5.72. The fraction of sp³-hybridized carbons (Fsp3) is 0.381. The van der Waals surface area contributed by atoms with Crippen molar-refractivity contribution >= 4 is 39.0 Å². The topological polar surface area (TPSA) is 78.5 Å². The van der Waals surface area contributed by atoms with Crippen molar-refractivity contribution in [3.63, 3.8) is 0 Å². The highest BCUT2D eigenvalue weighted by Crippen LogP contribution is 2.31. The molecule has 0 atom stereocenters. The van der Waals surface area contributed by atoms with Gasteiger partial charge in [0.2, 0.25) is 0 Å². The van der Waals surface area contributed by atoms with Crippen LogP contribution in [-0.2, 0) is 16.4 Å². The molecule has 160 valence electrons. The summed E-state index contributed by atoms with van der Waals surface area (Å²) in [6.45, 7) is 0.497. The zero-order valence-electron chi connectivity index (χ0n) is 16.3. The van der Waals surface area contributed by atoms with Gasteiger partial charge >= 0.3 is 6.03 Å². The van der Waals surface area contributed by atoms with Crippen LogP contribution >= 0.6 is 11.6 Å². The third kappa shape index (κ3) is 4.39. The standard InChI is InChI=1S/C21H23ClFN3O3S/c22-15-6-8-19(18(23)13-15)25-30(28,29)17-7-9-20-14(12-17)10-11-26(20)21(27)24-16-4-2-1-3-5-16/h6-9,12-13,16,25H,1-5,10-11H2,(H,24,27). The number of halogens is 2. The summed E-state index contributed by atoms with van der Waals surface area (Å²) in [6.07, 6.45) is 6.03. The number of carbonyl (C=O) groups excluding carboxylic acids is 1. The minimum atomic E-state index is -3.98. The molecule has 9 heteroatoms. The molecule has 1 saturated carbocycles. The number of sulfonamides is 1. The van der Waals surface area contributed by atoms with E-state index in [0.29, 0.717) is 18.7 Å². The molecule has 2 N–H and O–H groups in total. The average Bonchev–Trinajstić information content (AvgIpc) is 3.14. The first kappa shape index (κ1) is 20.9. The van der Waals surface area contributed by atoms with Gasteiger partial charge in [0, 0.05) is 23.3 Å². The maximum Gasteiger partial charge on any atom is 0.322 e. The lowest BCUT2D eigenvalue weighted by Gasteiger charge is -2.26. The lowest BCUT2D eigenvalue weighted by Crippen LogP contribution is -2.45. The van der Waals surface area contributed by atoms with Crippen LogP contribution < -0.4 is 14.9 Å². The van der Waals surface area contributed by atoms with Crippen molar-refractivity contribution in [2.75, 3.05) is 16.2 Å². The molecule has 2 amide bonds. The Kier molecular flexibility index (Phi) is 5.88. The number of nitrogens with zero attached hydrogens (tertiary/aromatic N) is 1. The first-order valence-electron chi connectivity index (χ1n) is 10.0. The Morgan fingerprint density at radius 2 is 1.87 bits per heavy atom. The lowest BCUT2D eigenvalue weighted by atomic mass is 9.96. The van der Waals surface area contributed by atoms with Crippen LogP contribution in [0.3, 0.4) is 0 Å². The average molecular weight is 452 g/mol. The second-order valence-electron chi connectivity index (χ2n) is 7.71. The summed E-state index contributed by atoms with van der Waals surface area (Å²) in [6, 6.07) is 8.40. The fourth-order valence-corrected chi connectivity index (χ4v) is 5.31. The molecule has 6 nitrogen and oxygen atoms in total. The van der Waals surface area contributed by atoms with Gasteiger partial charge in [0.15, 0.2) is 0 Å². The van der Waals surface area contributed by atoms with E-state index in [1.165, 1.54) is 24.6 Å². The Morgan fingerprint density at radius 1 is 1.10 bits per heavy atom. The van der Waals surface area contributed by atoms with Crippen molar-refractivity contribution < 1.29 is 17.6 Å².